The fraction of sp³-hybridized carbons (Fsp3) is 0.562. The van der Waals surface area contributed by atoms with Gasteiger partial charge in [-0.3, -0.25) is 4.79 Å². The number of fused-ring (bicyclic) bond motifs is 1. The number of nitrogens with one attached hydrogen (secondary N) is 1. The minimum atomic E-state index is -0.226. The predicted octanol–water partition coefficient (Wildman–Crippen LogP) is 0.577. The Morgan fingerprint density at radius 2 is 2.00 bits per heavy atom. The smallest absolute Gasteiger partial charge is 0.242 e. The number of ether oxygens (including phenoxy) is 3. The zero-order chi connectivity index (χ0) is 15.5. The summed E-state index contributed by atoms with van der Waals surface area (Å²) in [4.78, 5) is 14.5. The molecule has 3 rings (SSSR count). The van der Waals surface area contributed by atoms with E-state index in [9.17, 15) is 4.79 Å². The minimum absolute atomic E-state index is 0.111. The van der Waals surface area contributed by atoms with Crippen LogP contribution in [0.1, 0.15) is 11.1 Å². The average Bonchev–Trinajstić information content (AvgIpc) is 2.60. The molecule has 1 aromatic carbocycles. The fourth-order valence-electron chi connectivity index (χ4n) is 3.02. The second-order valence-corrected chi connectivity index (χ2v) is 5.57. The maximum atomic E-state index is 12.6. The highest BCUT2D eigenvalue weighted by Crippen LogP contribution is 2.33. The third kappa shape index (κ3) is 2.89. The number of carbonyl (C=O) groups excluding carboxylic acids is 1. The van der Waals surface area contributed by atoms with Gasteiger partial charge in [-0.25, -0.2) is 0 Å². The number of methoxy groups -OCH3 is 2. The van der Waals surface area contributed by atoms with Crippen molar-refractivity contribution in [2.45, 2.75) is 19.0 Å². The van der Waals surface area contributed by atoms with Crippen molar-refractivity contribution in [3.63, 3.8) is 0 Å². The standard InChI is InChI=1S/C16H22N2O4/c1-20-14-7-11-3-5-18(9-12(11)8-15(14)21-2)16(19)13-10-22-6-4-17-13/h7-8,13,17H,3-6,9-10H2,1-2H3/t13-/m0/s1. The summed E-state index contributed by atoms with van der Waals surface area (Å²) in [7, 11) is 3.26. The molecule has 2 heterocycles. The van der Waals surface area contributed by atoms with Crippen molar-refractivity contribution < 1.29 is 19.0 Å². The highest BCUT2D eigenvalue weighted by molar-refractivity contribution is 5.82. The quantitative estimate of drug-likeness (QED) is 0.885. The molecule has 22 heavy (non-hydrogen) atoms. The van der Waals surface area contributed by atoms with Crippen molar-refractivity contribution in [2.75, 3.05) is 40.5 Å². The Labute approximate surface area is 130 Å². The van der Waals surface area contributed by atoms with Crippen LogP contribution >= 0.6 is 0 Å². The molecule has 2 aliphatic heterocycles. The zero-order valence-electron chi connectivity index (χ0n) is 13.1. The number of rotatable bonds is 3. The molecule has 1 atom stereocenters. The lowest BCUT2D eigenvalue weighted by Crippen LogP contribution is -2.53. The van der Waals surface area contributed by atoms with E-state index < -0.39 is 0 Å². The van der Waals surface area contributed by atoms with Gasteiger partial charge in [0.05, 0.1) is 27.4 Å². The van der Waals surface area contributed by atoms with Crippen molar-refractivity contribution in [1.82, 2.24) is 10.2 Å². The van der Waals surface area contributed by atoms with Gasteiger partial charge < -0.3 is 24.4 Å². The molecule has 1 N–H and O–H groups in total. The molecule has 0 bridgehead atoms. The molecule has 6 heteroatoms. The summed E-state index contributed by atoms with van der Waals surface area (Å²) >= 11 is 0. The summed E-state index contributed by atoms with van der Waals surface area (Å²) in [5.74, 6) is 1.55. The van der Waals surface area contributed by atoms with Crippen LogP contribution in [0.4, 0.5) is 0 Å². The van der Waals surface area contributed by atoms with E-state index in [1.165, 1.54) is 5.56 Å². The minimum Gasteiger partial charge on any atom is -0.493 e. The summed E-state index contributed by atoms with van der Waals surface area (Å²) in [6.07, 6.45) is 0.828. The Morgan fingerprint density at radius 1 is 1.27 bits per heavy atom. The van der Waals surface area contributed by atoms with Gasteiger partial charge in [0.15, 0.2) is 11.5 Å². The summed E-state index contributed by atoms with van der Waals surface area (Å²) in [6.45, 7) is 3.18. The molecule has 1 fully saturated rings. The first-order valence-electron chi connectivity index (χ1n) is 7.56. The average molecular weight is 306 g/mol. The summed E-state index contributed by atoms with van der Waals surface area (Å²) < 4.78 is 16.1. The summed E-state index contributed by atoms with van der Waals surface area (Å²) in [6, 6.07) is 3.76. The van der Waals surface area contributed by atoms with E-state index in [4.69, 9.17) is 14.2 Å². The summed E-state index contributed by atoms with van der Waals surface area (Å²) in [5.41, 5.74) is 2.34. The van der Waals surface area contributed by atoms with Crippen LogP contribution < -0.4 is 14.8 Å². The molecule has 0 aliphatic carbocycles. The molecule has 2 aliphatic rings. The van der Waals surface area contributed by atoms with Gasteiger partial charge in [-0.15, -0.1) is 0 Å². The number of nitrogens with zero attached hydrogens (tertiary/aromatic N) is 1. The largest absolute Gasteiger partial charge is 0.493 e. The Morgan fingerprint density at radius 3 is 2.64 bits per heavy atom. The maximum absolute atomic E-state index is 12.6. The van der Waals surface area contributed by atoms with Crippen LogP contribution in [0.25, 0.3) is 0 Å². The van der Waals surface area contributed by atoms with Crippen molar-refractivity contribution >= 4 is 5.91 Å². The van der Waals surface area contributed by atoms with Crippen molar-refractivity contribution in [3.05, 3.63) is 23.3 Å². The molecule has 0 saturated carbocycles. The number of hydrogen-bond donors (Lipinski definition) is 1. The van der Waals surface area contributed by atoms with Gasteiger partial charge in [-0.2, -0.15) is 0 Å². The molecule has 1 aromatic rings. The number of amides is 1. The Kier molecular flexibility index (Phi) is 4.49. The van der Waals surface area contributed by atoms with Crippen molar-refractivity contribution in [2.24, 2.45) is 0 Å². The van der Waals surface area contributed by atoms with Crippen LogP contribution in [-0.4, -0.2) is 57.4 Å². The van der Waals surface area contributed by atoms with Gasteiger partial charge in [-0.05, 0) is 29.7 Å². The second-order valence-electron chi connectivity index (χ2n) is 5.57. The first-order chi connectivity index (χ1) is 10.7. The molecule has 0 unspecified atom stereocenters. The summed E-state index contributed by atoms with van der Waals surface area (Å²) in [5, 5.41) is 3.22. The van der Waals surface area contributed by atoms with E-state index in [0.29, 0.717) is 25.5 Å². The molecule has 0 spiro atoms. The topological polar surface area (TPSA) is 60.0 Å². The van der Waals surface area contributed by atoms with E-state index in [0.717, 1.165) is 30.8 Å². The van der Waals surface area contributed by atoms with E-state index in [2.05, 4.69) is 5.32 Å². The van der Waals surface area contributed by atoms with Crippen LogP contribution in [0.3, 0.4) is 0 Å². The molecular formula is C16H22N2O4. The van der Waals surface area contributed by atoms with Gasteiger partial charge in [0, 0.05) is 19.6 Å². The highest BCUT2D eigenvalue weighted by atomic mass is 16.5. The number of morpholine rings is 1. The van der Waals surface area contributed by atoms with Gasteiger partial charge in [0.1, 0.15) is 6.04 Å². The SMILES string of the molecule is COc1cc2c(cc1OC)CN(C(=O)[C@@H]1COCCN1)CC2. The van der Waals surface area contributed by atoms with E-state index >= 15 is 0 Å². The number of benzene rings is 1. The fourth-order valence-corrected chi connectivity index (χ4v) is 3.02. The molecule has 6 nitrogen and oxygen atoms in total. The molecule has 1 saturated heterocycles. The van der Waals surface area contributed by atoms with Crippen LogP contribution in [0, 0.1) is 0 Å². The third-order valence-electron chi connectivity index (χ3n) is 4.25. The van der Waals surface area contributed by atoms with Gasteiger partial charge in [-0.1, -0.05) is 0 Å². The van der Waals surface area contributed by atoms with Crippen LogP contribution in [0.5, 0.6) is 11.5 Å². The van der Waals surface area contributed by atoms with Crippen molar-refractivity contribution in [3.8, 4) is 11.5 Å². The highest BCUT2D eigenvalue weighted by Gasteiger charge is 2.29. The number of carbonyl (C=O) groups is 1. The molecule has 1 amide bonds. The zero-order valence-corrected chi connectivity index (χ0v) is 13.1. The monoisotopic (exact) mass is 306 g/mol. The Bertz CT molecular complexity index is 555. The second kappa shape index (κ2) is 6.54. The predicted molar refractivity (Wildman–Crippen MR) is 81.3 cm³/mol. The van der Waals surface area contributed by atoms with E-state index in [1.54, 1.807) is 14.2 Å². The molecule has 120 valence electrons. The van der Waals surface area contributed by atoms with Crippen molar-refractivity contribution in [1.29, 1.82) is 0 Å². The van der Waals surface area contributed by atoms with E-state index in [-0.39, 0.29) is 11.9 Å². The Balaban J connectivity index is 1.76. The first-order valence-corrected chi connectivity index (χ1v) is 7.56. The normalized spacial score (nSPS) is 21.2. The lowest BCUT2D eigenvalue weighted by Gasteiger charge is -2.33. The van der Waals surface area contributed by atoms with Gasteiger partial charge in [0.25, 0.3) is 0 Å². The molecule has 0 aromatic heterocycles. The first kappa shape index (κ1) is 15.1. The van der Waals surface area contributed by atoms with Crippen LogP contribution in [-0.2, 0) is 22.5 Å². The van der Waals surface area contributed by atoms with Crippen LogP contribution in [0.2, 0.25) is 0 Å². The third-order valence-corrected chi connectivity index (χ3v) is 4.25. The Hall–Kier alpha value is -1.79. The number of hydrogen-bond acceptors (Lipinski definition) is 5. The lowest BCUT2D eigenvalue weighted by atomic mass is 9.98. The molecular weight excluding hydrogens is 284 g/mol. The molecule has 0 radical (unpaired) electrons. The van der Waals surface area contributed by atoms with Crippen LogP contribution in [0.15, 0.2) is 12.1 Å². The van der Waals surface area contributed by atoms with Gasteiger partial charge >= 0.3 is 0 Å². The lowest BCUT2D eigenvalue weighted by molar-refractivity contribution is -0.137. The van der Waals surface area contributed by atoms with E-state index in [1.807, 2.05) is 17.0 Å². The maximum Gasteiger partial charge on any atom is 0.242 e. The van der Waals surface area contributed by atoms with Gasteiger partial charge in [0.2, 0.25) is 5.91 Å².